The Kier molecular flexibility index (Phi) is 4.40. The quantitative estimate of drug-likeness (QED) is 0.698. The minimum Gasteiger partial charge on any atom is -0.295 e. The highest BCUT2D eigenvalue weighted by Gasteiger charge is 2.15. The van der Waals surface area contributed by atoms with E-state index in [-0.39, 0.29) is 5.56 Å². The maximum Gasteiger partial charge on any atom is 0.280 e. The third-order valence-corrected chi connectivity index (χ3v) is 4.07. The van der Waals surface area contributed by atoms with Crippen LogP contribution < -0.4 is 5.56 Å². The van der Waals surface area contributed by atoms with Crippen molar-refractivity contribution in [2.24, 2.45) is 4.99 Å². The fourth-order valence-electron chi connectivity index (χ4n) is 2.64. The molecular formula is C19H18ClN3O. The Morgan fingerprint density at radius 2 is 1.83 bits per heavy atom. The predicted molar refractivity (Wildman–Crippen MR) is 99.2 cm³/mol. The molecule has 0 spiro atoms. The van der Waals surface area contributed by atoms with Crippen LogP contribution in [0.15, 0.2) is 58.3 Å². The minimum absolute atomic E-state index is 0.111. The van der Waals surface area contributed by atoms with Crippen LogP contribution in [0.5, 0.6) is 0 Å². The van der Waals surface area contributed by atoms with Gasteiger partial charge in [-0.15, -0.1) is 0 Å². The number of hydrogen-bond donors (Lipinski definition) is 1. The molecule has 3 aromatic rings. The summed E-state index contributed by atoms with van der Waals surface area (Å²) >= 11 is 5.99. The SMILES string of the molecule is CC(=Nc1cccc(Cl)c1)c1c(C)[nH]n(-c2ccc(C)cc2)c1=O. The second-order valence-electron chi connectivity index (χ2n) is 5.77. The van der Waals surface area contributed by atoms with Gasteiger partial charge in [0, 0.05) is 10.7 Å². The van der Waals surface area contributed by atoms with Crippen molar-refractivity contribution >= 4 is 23.0 Å². The van der Waals surface area contributed by atoms with E-state index in [1.165, 1.54) is 0 Å². The maximum atomic E-state index is 12.8. The molecule has 0 saturated carbocycles. The van der Waals surface area contributed by atoms with E-state index in [1.807, 2.05) is 57.2 Å². The van der Waals surface area contributed by atoms with Gasteiger partial charge in [-0.25, -0.2) is 4.68 Å². The molecule has 0 aliphatic carbocycles. The first-order valence-electron chi connectivity index (χ1n) is 7.65. The van der Waals surface area contributed by atoms with Crippen LogP contribution in [0.2, 0.25) is 5.02 Å². The Bertz CT molecular complexity index is 965. The summed E-state index contributed by atoms with van der Waals surface area (Å²) in [5, 5.41) is 3.74. The molecule has 2 aromatic carbocycles. The van der Waals surface area contributed by atoms with Gasteiger partial charge in [-0.05, 0) is 51.1 Å². The van der Waals surface area contributed by atoms with Gasteiger partial charge in [0.2, 0.25) is 0 Å². The molecule has 122 valence electrons. The van der Waals surface area contributed by atoms with E-state index in [1.54, 1.807) is 16.8 Å². The van der Waals surface area contributed by atoms with Crippen molar-refractivity contribution in [3.63, 3.8) is 0 Å². The summed E-state index contributed by atoms with van der Waals surface area (Å²) in [7, 11) is 0. The number of halogens is 1. The molecule has 5 heteroatoms. The van der Waals surface area contributed by atoms with Crippen LogP contribution in [0.4, 0.5) is 5.69 Å². The molecular weight excluding hydrogens is 322 g/mol. The van der Waals surface area contributed by atoms with Crippen LogP contribution in [0.25, 0.3) is 5.69 Å². The summed E-state index contributed by atoms with van der Waals surface area (Å²) in [5.74, 6) is 0. The normalized spacial score (nSPS) is 11.8. The van der Waals surface area contributed by atoms with Gasteiger partial charge in [0.15, 0.2) is 0 Å². The van der Waals surface area contributed by atoms with Gasteiger partial charge >= 0.3 is 0 Å². The monoisotopic (exact) mass is 339 g/mol. The molecule has 24 heavy (non-hydrogen) atoms. The number of nitrogens with one attached hydrogen (secondary N) is 1. The zero-order chi connectivity index (χ0) is 17.3. The van der Waals surface area contributed by atoms with Crippen LogP contribution in [0.3, 0.4) is 0 Å². The molecule has 0 aliphatic heterocycles. The number of aromatic nitrogens is 2. The van der Waals surface area contributed by atoms with Gasteiger partial charge in [0.05, 0.1) is 22.6 Å². The summed E-state index contributed by atoms with van der Waals surface area (Å²) in [4.78, 5) is 17.3. The number of rotatable bonds is 3. The van der Waals surface area contributed by atoms with E-state index >= 15 is 0 Å². The fourth-order valence-corrected chi connectivity index (χ4v) is 2.83. The Balaban J connectivity index is 2.06. The van der Waals surface area contributed by atoms with E-state index in [0.29, 0.717) is 16.3 Å². The van der Waals surface area contributed by atoms with E-state index in [0.717, 1.165) is 22.6 Å². The van der Waals surface area contributed by atoms with Gasteiger partial charge in [-0.2, -0.15) is 0 Å². The molecule has 0 amide bonds. The molecule has 1 aromatic heterocycles. The van der Waals surface area contributed by atoms with Crippen LogP contribution in [0, 0.1) is 13.8 Å². The number of aromatic amines is 1. The molecule has 0 fully saturated rings. The molecule has 1 heterocycles. The Hall–Kier alpha value is -2.59. The number of aliphatic imine (C=N–C) groups is 1. The van der Waals surface area contributed by atoms with Gasteiger partial charge < -0.3 is 0 Å². The number of nitrogens with zero attached hydrogens (tertiary/aromatic N) is 2. The summed E-state index contributed by atoms with van der Waals surface area (Å²) in [6.07, 6.45) is 0. The Morgan fingerprint density at radius 1 is 1.12 bits per heavy atom. The van der Waals surface area contributed by atoms with Crippen molar-refractivity contribution in [1.29, 1.82) is 0 Å². The summed E-state index contributed by atoms with van der Waals surface area (Å²) in [5.41, 5.74) is 4.58. The average molecular weight is 340 g/mol. The summed E-state index contributed by atoms with van der Waals surface area (Å²) in [6, 6.07) is 15.0. The van der Waals surface area contributed by atoms with Crippen molar-refractivity contribution in [3.05, 3.63) is 80.7 Å². The smallest absolute Gasteiger partial charge is 0.280 e. The number of aryl methyl sites for hydroxylation is 2. The van der Waals surface area contributed by atoms with Crippen molar-refractivity contribution in [3.8, 4) is 5.69 Å². The minimum atomic E-state index is -0.111. The van der Waals surface area contributed by atoms with Crippen LogP contribution >= 0.6 is 11.6 Å². The summed E-state index contributed by atoms with van der Waals surface area (Å²) in [6.45, 7) is 5.72. The van der Waals surface area contributed by atoms with Gasteiger partial charge in [-0.3, -0.25) is 14.9 Å². The molecule has 0 unspecified atom stereocenters. The topological polar surface area (TPSA) is 50.1 Å². The predicted octanol–water partition coefficient (Wildman–Crippen LogP) is 4.58. The second kappa shape index (κ2) is 6.49. The van der Waals surface area contributed by atoms with Gasteiger partial charge in [0.25, 0.3) is 5.56 Å². The highest BCUT2D eigenvalue weighted by molar-refractivity contribution is 6.30. The molecule has 0 saturated heterocycles. The molecule has 0 atom stereocenters. The number of H-pyrrole nitrogens is 1. The Labute approximate surface area is 145 Å². The third kappa shape index (κ3) is 3.19. The average Bonchev–Trinajstić information content (AvgIpc) is 2.83. The van der Waals surface area contributed by atoms with Crippen molar-refractivity contribution in [2.45, 2.75) is 20.8 Å². The highest BCUT2D eigenvalue weighted by Crippen LogP contribution is 2.19. The summed E-state index contributed by atoms with van der Waals surface area (Å²) < 4.78 is 1.54. The molecule has 0 radical (unpaired) electrons. The third-order valence-electron chi connectivity index (χ3n) is 3.83. The lowest BCUT2D eigenvalue weighted by Crippen LogP contribution is -2.19. The Morgan fingerprint density at radius 3 is 2.50 bits per heavy atom. The lowest BCUT2D eigenvalue weighted by Gasteiger charge is -2.01. The van der Waals surface area contributed by atoms with E-state index in [9.17, 15) is 4.79 Å². The lowest BCUT2D eigenvalue weighted by molar-refractivity contribution is 0.835. The number of hydrogen-bond acceptors (Lipinski definition) is 2. The molecule has 3 rings (SSSR count). The van der Waals surface area contributed by atoms with E-state index in [4.69, 9.17) is 11.6 Å². The zero-order valence-corrected chi connectivity index (χ0v) is 14.6. The first-order chi connectivity index (χ1) is 11.5. The molecule has 0 bridgehead atoms. The first kappa shape index (κ1) is 16.3. The molecule has 1 N–H and O–H groups in total. The van der Waals surface area contributed by atoms with Crippen molar-refractivity contribution < 1.29 is 0 Å². The molecule has 4 nitrogen and oxygen atoms in total. The zero-order valence-electron chi connectivity index (χ0n) is 13.8. The van der Waals surface area contributed by atoms with Gasteiger partial charge in [-0.1, -0.05) is 35.4 Å². The molecule has 0 aliphatic rings. The lowest BCUT2D eigenvalue weighted by atomic mass is 10.1. The van der Waals surface area contributed by atoms with Crippen molar-refractivity contribution in [2.75, 3.05) is 0 Å². The van der Waals surface area contributed by atoms with Crippen LogP contribution in [0.1, 0.15) is 23.7 Å². The van der Waals surface area contributed by atoms with Crippen molar-refractivity contribution in [1.82, 2.24) is 9.78 Å². The first-order valence-corrected chi connectivity index (χ1v) is 8.03. The van der Waals surface area contributed by atoms with Crippen LogP contribution in [-0.4, -0.2) is 15.5 Å². The van der Waals surface area contributed by atoms with Crippen LogP contribution in [-0.2, 0) is 0 Å². The standard InChI is InChI=1S/C19H18ClN3O/c1-12-7-9-17(10-8-12)23-19(24)18(14(3)22-23)13(2)21-16-6-4-5-15(20)11-16/h4-11,22H,1-3H3. The number of benzene rings is 2. The van der Waals surface area contributed by atoms with E-state index in [2.05, 4.69) is 10.1 Å². The van der Waals surface area contributed by atoms with E-state index < -0.39 is 0 Å². The highest BCUT2D eigenvalue weighted by atomic mass is 35.5. The largest absolute Gasteiger partial charge is 0.295 e. The fraction of sp³-hybridized carbons (Fsp3) is 0.158. The van der Waals surface area contributed by atoms with Gasteiger partial charge in [0.1, 0.15) is 0 Å². The second-order valence-corrected chi connectivity index (χ2v) is 6.20. The maximum absolute atomic E-state index is 12.8.